The predicted molar refractivity (Wildman–Crippen MR) is 27.7 cm³/mol. The summed E-state index contributed by atoms with van der Waals surface area (Å²) < 4.78 is 0. The van der Waals surface area contributed by atoms with Crippen LogP contribution in [0.15, 0.2) is 0 Å². The molecule has 0 aliphatic heterocycles. The number of hydrogen-bond acceptors (Lipinski definition) is 2. The Balaban J connectivity index is -0.0000000575. The molecule has 0 atom stereocenters. The van der Waals surface area contributed by atoms with Gasteiger partial charge >= 0.3 is 0 Å². The van der Waals surface area contributed by atoms with E-state index in [0.29, 0.717) is 0 Å². The maximum Gasteiger partial charge on any atom is 0.126 e. The van der Waals surface area contributed by atoms with Gasteiger partial charge in [0.15, 0.2) is 0 Å². The summed E-state index contributed by atoms with van der Waals surface area (Å²) in [7, 11) is 0. The van der Waals surface area contributed by atoms with Gasteiger partial charge in [-0.3, -0.25) is 6.29 Å². The number of ketones is 1. The van der Waals surface area contributed by atoms with Crippen molar-refractivity contribution < 1.29 is 26.7 Å². The minimum absolute atomic E-state index is 0. The minimum Gasteiger partial charge on any atom is -0.542 e. The summed E-state index contributed by atoms with van der Waals surface area (Å²) in [4.78, 5) is 18.1. The standard InChI is InChI=1S/C3H6O.C2H3O.Mn/c1-3(2)4;1-2-3;/h1-2H3;1H3;/q;-1;. The third-order valence-electron chi connectivity index (χ3n) is 0. The number of hydrogen-bond donors (Lipinski definition) is 0. The maximum absolute atomic E-state index is 9.44. The van der Waals surface area contributed by atoms with Crippen molar-refractivity contribution >= 4 is 12.1 Å². The molecule has 49 valence electrons. The number of Topliss-reactive ketones (excluding diaryl/α,β-unsaturated/α-hetero) is 1. The Morgan fingerprint density at radius 2 is 1.38 bits per heavy atom. The van der Waals surface area contributed by atoms with Gasteiger partial charge < -0.3 is 9.59 Å². The Morgan fingerprint density at radius 3 is 1.38 bits per heavy atom. The van der Waals surface area contributed by atoms with Crippen molar-refractivity contribution in [2.45, 2.75) is 20.8 Å². The van der Waals surface area contributed by atoms with Gasteiger partial charge in [-0.25, -0.2) is 0 Å². The number of carbonyl (C=O) groups excluding carboxylic acids is 2. The first-order valence-corrected chi connectivity index (χ1v) is 1.91. The zero-order chi connectivity index (χ0) is 6.28. The quantitative estimate of drug-likeness (QED) is 0.382. The second kappa shape index (κ2) is 15.8. The van der Waals surface area contributed by atoms with Gasteiger partial charge in [0.1, 0.15) is 5.78 Å². The van der Waals surface area contributed by atoms with Crippen LogP contribution in [0, 0.1) is 0 Å². The minimum atomic E-state index is 0. The Bertz CT molecular complexity index is 57.4. The maximum atomic E-state index is 9.44. The van der Waals surface area contributed by atoms with Gasteiger partial charge in [0.05, 0.1) is 0 Å². The van der Waals surface area contributed by atoms with E-state index in [0.717, 1.165) is 0 Å². The third kappa shape index (κ3) is 7010. The van der Waals surface area contributed by atoms with Gasteiger partial charge in [0.2, 0.25) is 0 Å². The monoisotopic (exact) mass is 156 g/mol. The molecule has 0 spiro atoms. The van der Waals surface area contributed by atoms with Crippen LogP contribution in [0.1, 0.15) is 20.8 Å². The van der Waals surface area contributed by atoms with Crippen LogP contribution in [0.5, 0.6) is 0 Å². The van der Waals surface area contributed by atoms with Gasteiger partial charge in [0.25, 0.3) is 0 Å². The summed E-state index contributed by atoms with van der Waals surface area (Å²) in [6, 6.07) is 0. The molecule has 0 heterocycles. The molecule has 0 aromatic heterocycles. The fourth-order valence-corrected chi connectivity index (χ4v) is 0. The van der Waals surface area contributed by atoms with Gasteiger partial charge in [-0.1, -0.05) is 0 Å². The molecule has 0 saturated heterocycles. The molecule has 0 bridgehead atoms. The fourth-order valence-electron chi connectivity index (χ4n) is 0. The summed E-state index contributed by atoms with van der Waals surface area (Å²) in [5.41, 5.74) is 0. The molecule has 0 aromatic rings. The molecule has 0 aliphatic rings. The summed E-state index contributed by atoms with van der Waals surface area (Å²) in [6.07, 6.45) is 1.50. The van der Waals surface area contributed by atoms with Crippen molar-refractivity contribution in [2.24, 2.45) is 0 Å². The molecule has 2 nitrogen and oxygen atoms in total. The van der Waals surface area contributed by atoms with Crippen molar-refractivity contribution in [3.8, 4) is 0 Å². The van der Waals surface area contributed by atoms with Gasteiger partial charge in [-0.05, 0) is 13.8 Å². The predicted octanol–water partition coefficient (Wildman–Crippen LogP) is 0.709. The summed E-state index contributed by atoms with van der Waals surface area (Å²) >= 11 is 0. The normalized spacial score (nSPS) is 4.88. The molecule has 1 radical (unpaired) electrons. The van der Waals surface area contributed by atoms with Crippen molar-refractivity contribution in [1.82, 2.24) is 0 Å². The molecule has 3 heteroatoms. The molecular formula is C5H9MnO2-. The molecule has 0 saturated carbocycles. The van der Waals surface area contributed by atoms with Crippen molar-refractivity contribution in [2.75, 3.05) is 0 Å². The van der Waals surface area contributed by atoms with E-state index >= 15 is 0 Å². The summed E-state index contributed by atoms with van der Waals surface area (Å²) in [5, 5.41) is 0. The zero-order valence-corrected chi connectivity index (χ0v) is 6.37. The van der Waals surface area contributed by atoms with E-state index in [2.05, 4.69) is 0 Å². The molecule has 0 fully saturated rings. The van der Waals surface area contributed by atoms with Gasteiger partial charge in [-0.2, -0.15) is 6.92 Å². The van der Waals surface area contributed by atoms with Crippen LogP contribution in [0.3, 0.4) is 0 Å². The van der Waals surface area contributed by atoms with Crippen LogP contribution in [0.4, 0.5) is 0 Å². The van der Waals surface area contributed by atoms with Crippen LogP contribution in [0.25, 0.3) is 0 Å². The first-order chi connectivity index (χ1) is 3.15. The first kappa shape index (κ1) is 15.7. The van der Waals surface area contributed by atoms with E-state index in [1.165, 1.54) is 27.1 Å². The molecule has 0 aliphatic carbocycles. The Hall–Kier alpha value is -0.141. The van der Waals surface area contributed by atoms with E-state index in [1.54, 1.807) is 0 Å². The molecule has 0 unspecified atom stereocenters. The van der Waals surface area contributed by atoms with Crippen molar-refractivity contribution in [3.05, 3.63) is 0 Å². The Kier molecular flexibility index (Phi) is 30.9. The molecular weight excluding hydrogens is 147 g/mol. The zero-order valence-electron chi connectivity index (χ0n) is 5.19. The van der Waals surface area contributed by atoms with Gasteiger partial charge in [-0.15, -0.1) is 0 Å². The van der Waals surface area contributed by atoms with Crippen molar-refractivity contribution in [3.63, 3.8) is 0 Å². The number of rotatable bonds is 0. The average molecular weight is 156 g/mol. The second-order valence-corrected chi connectivity index (χ2v) is 1.11. The van der Waals surface area contributed by atoms with E-state index in [4.69, 9.17) is 4.79 Å². The average Bonchev–Trinajstić information content (AvgIpc) is 1.33. The van der Waals surface area contributed by atoms with Crippen LogP contribution in [-0.4, -0.2) is 12.1 Å². The number of carbonyl (C=O) groups is 1. The van der Waals surface area contributed by atoms with E-state index in [1.807, 2.05) is 0 Å². The van der Waals surface area contributed by atoms with E-state index in [9.17, 15) is 4.79 Å². The topological polar surface area (TPSA) is 34.1 Å². The Labute approximate surface area is 60.1 Å². The van der Waals surface area contributed by atoms with Gasteiger partial charge in [0, 0.05) is 17.1 Å². The molecule has 8 heavy (non-hydrogen) atoms. The Morgan fingerprint density at radius 1 is 1.38 bits per heavy atom. The van der Waals surface area contributed by atoms with Crippen LogP contribution in [0.2, 0.25) is 0 Å². The third-order valence-corrected chi connectivity index (χ3v) is 0. The summed E-state index contributed by atoms with van der Waals surface area (Å²) in [5.74, 6) is 0.167. The smallest absolute Gasteiger partial charge is 0.126 e. The molecule has 0 aromatic carbocycles. The van der Waals surface area contributed by atoms with E-state index in [-0.39, 0.29) is 22.9 Å². The largest absolute Gasteiger partial charge is 0.542 e. The van der Waals surface area contributed by atoms with Crippen LogP contribution in [-0.2, 0) is 26.7 Å². The molecule has 0 amide bonds. The molecule has 0 rings (SSSR count). The van der Waals surface area contributed by atoms with Crippen molar-refractivity contribution in [1.29, 1.82) is 0 Å². The van der Waals surface area contributed by atoms with E-state index < -0.39 is 0 Å². The van der Waals surface area contributed by atoms with Crippen LogP contribution < -0.4 is 0 Å². The molecule has 0 N–H and O–H groups in total. The fraction of sp³-hybridized carbons (Fsp3) is 0.600. The second-order valence-electron chi connectivity index (χ2n) is 1.11. The first-order valence-electron chi connectivity index (χ1n) is 1.91. The van der Waals surface area contributed by atoms with Crippen LogP contribution >= 0.6 is 0 Å². The SMILES string of the molecule is CC(C)=O.C[C-]=O.[Mn]. The summed E-state index contributed by atoms with van der Waals surface area (Å²) in [6.45, 7) is 4.38.